The van der Waals surface area contributed by atoms with Crippen LogP contribution in [0.5, 0.6) is 5.75 Å². The number of sulfonamides is 1. The number of hydrogen-bond donors (Lipinski definition) is 2. The number of amides is 1. The average Bonchev–Trinajstić information content (AvgIpc) is 2.49. The lowest BCUT2D eigenvalue weighted by Gasteiger charge is -2.11. The first-order chi connectivity index (χ1) is 11.6. The molecule has 0 heterocycles. The fraction of sp³-hybridized carbons (Fsp3) is 0.188. The van der Waals surface area contributed by atoms with Crippen LogP contribution in [0.2, 0.25) is 0 Å². The Morgan fingerprint density at radius 2 is 1.76 bits per heavy atom. The second-order valence-corrected chi connectivity index (χ2v) is 7.01. The van der Waals surface area contributed by atoms with Gasteiger partial charge in [-0.25, -0.2) is 8.42 Å². The van der Waals surface area contributed by atoms with Gasteiger partial charge in [-0.05, 0) is 48.9 Å². The maximum Gasteiger partial charge on any atom is 0.387 e. The fourth-order valence-electron chi connectivity index (χ4n) is 2.00. The Balaban J connectivity index is 2.14. The van der Waals surface area contributed by atoms with E-state index in [1.54, 1.807) is 19.1 Å². The lowest BCUT2D eigenvalue weighted by atomic mass is 10.1. The summed E-state index contributed by atoms with van der Waals surface area (Å²) in [6, 6.07) is 10.0. The minimum atomic E-state index is -3.47. The summed E-state index contributed by atoms with van der Waals surface area (Å²) < 4.78 is 53.5. The van der Waals surface area contributed by atoms with Crippen molar-refractivity contribution in [3.8, 4) is 5.75 Å². The van der Waals surface area contributed by atoms with Gasteiger partial charge < -0.3 is 10.1 Å². The number of aryl methyl sites for hydroxylation is 1. The molecule has 0 unspecified atom stereocenters. The van der Waals surface area contributed by atoms with Crippen LogP contribution in [0, 0.1) is 6.92 Å². The van der Waals surface area contributed by atoms with Crippen LogP contribution in [0.1, 0.15) is 15.9 Å². The molecule has 0 aliphatic heterocycles. The standard InChI is InChI=1S/C16H16F2N2O4S/c1-10-3-4-11(9-14(10)20-25(2,22)23)15(21)19-12-5-7-13(8-6-12)24-16(17)18/h3-9,16,20H,1-2H3,(H,19,21). The molecule has 0 saturated heterocycles. The molecule has 2 rings (SSSR count). The summed E-state index contributed by atoms with van der Waals surface area (Å²) in [5.41, 5.74) is 1.58. The molecule has 1 amide bonds. The van der Waals surface area contributed by atoms with Crippen LogP contribution in [0.4, 0.5) is 20.2 Å². The van der Waals surface area contributed by atoms with Gasteiger partial charge in [0.05, 0.1) is 11.9 Å². The van der Waals surface area contributed by atoms with Crippen molar-refractivity contribution in [1.29, 1.82) is 0 Å². The first kappa shape index (κ1) is 18.7. The van der Waals surface area contributed by atoms with Gasteiger partial charge in [-0.1, -0.05) is 6.07 Å². The van der Waals surface area contributed by atoms with Crippen LogP contribution in [0.3, 0.4) is 0 Å². The Bertz CT molecular complexity index is 868. The van der Waals surface area contributed by atoms with Crippen LogP contribution in [-0.2, 0) is 10.0 Å². The monoisotopic (exact) mass is 370 g/mol. The topological polar surface area (TPSA) is 84.5 Å². The molecule has 134 valence electrons. The van der Waals surface area contributed by atoms with Crippen LogP contribution in [0.15, 0.2) is 42.5 Å². The molecule has 25 heavy (non-hydrogen) atoms. The molecule has 0 radical (unpaired) electrons. The third-order valence-electron chi connectivity index (χ3n) is 3.13. The van der Waals surface area contributed by atoms with E-state index in [9.17, 15) is 22.0 Å². The molecule has 2 aromatic carbocycles. The normalized spacial score (nSPS) is 11.2. The zero-order valence-electron chi connectivity index (χ0n) is 13.4. The van der Waals surface area contributed by atoms with E-state index < -0.39 is 22.5 Å². The summed E-state index contributed by atoms with van der Waals surface area (Å²) in [4.78, 5) is 12.3. The van der Waals surface area contributed by atoms with Gasteiger partial charge in [0, 0.05) is 11.3 Å². The summed E-state index contributed by atoms with van der Waals surface area (Å²) in [5.74, 6) is -0.498. The van der Waals surface area contributed by atoms with Crippen LogP contribution in [0.25, 0.3) is 0 Å². The van der Waals surface area contributed by atoms with Crippen LogP contribution >= 0.6 is 0 Å². The number of carbonyl (C=O) groups is 1. The van der Waals surface area contributed by atoms with Gasteiger partial charge in [0.1, 0.15) is 5.75 Å². The molecule has 0 spiro atoms. The third-order valence-corrected chi connectivity index (χ3v) is 3.72. The lowest BCUT2D eigenvalue weighted by Crippen LogP contribution is -2.14. The fourth-order valence-corrected chi connectivity index (χ4v) is 2.62. The van der Waals surface area contributed by atoms with Gasteiger partial charge in [0.2, 0.25) is 10.0 Å². The predicted molar refractivity (Wildman–Crippen MR) is 90.7 cm³/mol. The van der Waals surface area contributed by atoms with Crippen molar-refractivity contribution in [2.24, 2.45) is 0 Å². The number of halogens is 2. The van der Waals surface area contributed by atoms with E-state index >= 15 is 0 Å². The van der Waals surface area contributed by atoms with E-state index in [0.29, 0.717) is 16.9 Å². The molecule has 0 atom stereocenters. The number of hydrogen-bond acceptors (Lipinski definition) is 4. The second-order valence-electron chi connectivity index (χ2n) is 5.26. The largest absolute Gasteiger partial charge is 0.435 e. The molecule has 0 aliphatic rings. The van der Waals surface area contributed by atoms with Gasteiger partial charge in [-0.3, -0.25) is 9.52 Å². The zero-order chi connectivity index (χ0) is 18.6. The highest BCUT2D eigenvalue weighted by molar-refractivity contribution is 7.92. The quantitative estimate of drug-likeness (QED) is 0.818. The Labute approximate surface area is 143 Å². The van der Waals surface area contributed by atoms with Crippen LogP contribution < -0.4 is 14.8 Å². The number of benzene rings is 2. The van der Waals surface area contributed by atoms with Crippen molar-refractivity contribution >= 4 is 27.3 Å². The molecule has 0 aliphatic carbocycles. The predicted octanol–water partition coefficient (Wildman–Crippen LogP) is 3.22. The van der Waals surface area contributed by atoms with E-state index in [1.807, 2.05) is 0 Å². The third kappa shape index (κ3) is 5.71. The van der Waals surface area contributed by atoms with Crippen molar-refractivity contribution in [2.45, 2.75) is 13.5 Å². The molecule has 9 heteroatoms. The molecule has 2 aromatic rings. The minimum Gasteiger partial charge on any atom is -0.435 e. The first-order valence-corrected chi connectivity index (χ1v) is 8.98. The summed E-state index contributed by atoms with van der Waals surface area (Å²) in [6.07, 6.45) is 1.02. The first-order valence-electron chi connectivity index (χ1n) is 7.09. The van der Waals surface area contributed by atoms with Crippen molar-refractivity contribution in [3.05, 3.63) is 53.6 Å². The number of alkyl halides is 2. The molecule has 0 fully saturated rings. The van der Waals surface area contributed by atoms with Gasteiger partial charge in [0.25, 0.3) is 5.91 Å². The van der Waals surface area contributed by atoms with Crippen molar-refractivity contribution in [1.82, 2.24) is 0 Å². The molecule has 0 bridgehead atoms. The highest BCUT2D eigenvalue weighted by atomic mass is 32.2. The molecule has 6 nitrogen and oxygen atoms in total. The smallest absolute Gasteiger partial charge is 0.387 e. The SMILES string of the molecule is Cc1ccc(C(=O)Nc2ccc(OC(F)F)cc2)cc1NS(C)(=O)=O. The maximum absolute atomic E-state index is 12.3. The van der Waals surface area contributed by atoms with Crippen molar-refractivity contribution in [3.63, 3.8) is 0 Å². The Kier molecular flexibility index (Phi) is 5.58. The second kappa shape index (κ2) is 7.47. The van der Waals surface area contributed by atoms with Crippen LogP contribution in [-0.4, -0.2) is 27.2 Å². The summed E-state index contributed by atoms with van der Waals surface area (Å²) in [5, 5.41) is 2.59. The molecular weight excluding hydrogens is 354 g/mol. The Morgan fingerprint density at radius 1 is 1.12 bits per heavy atom. The number of rotatable bonds is 6. The highest BCUT2D eigenvalue weighted by Crippen LogP contribution is 2.21. The molecule has 2 N–H and O–H groups in total. The average molecular weight is 370 g/mol. The lowest BCUT2D eigenvalue weighted by molar-refractivity contribution is -0.0498. The molecule has 0 saturated carbocycles. The summed E-state index contributed by atoms with van der Waals surface area (Å²) in [7, 11) is -3.47. The van der Waals surface area contributed by atoms with Crippen molar-refractivity contribution < 1.29 is 26.7 Å². The van der Waals surface area contributed by atoms with E-state index in [2.05, 4.69) is 14.8 Å². The highest BCUT2D eigenvalue weighted by Gasteiger charge is 2.11. The zero-order valence-corrected chi connectivity index (χ0v) is 14.2. The Hall–Kier alpha value is -2.68. The minimum absolute atomic E-state index is 0.0250. The van der Waals surface area contributed by atoms with E-state index in [0.717, 1.165) is 6.26 Å². The van der Waals surface area contributed by atoms with E-state index in [-0.39, 0.29) is 11.3 Å². The van der Waals surface area contributed by atoms with Gasteiger partial charge in [0.15, 0.2) is 0 Å². The van der Waals surface area contributed by atoms with E-state index in [1.165, 1.54) is 30.3 Å². The summed E-state index contributed by atoms with van der Waals surface area (Å²) >= 11 is 0. The Morgan fingerprint density at radius 3 is 2.32 bits per heavy atom. The van der Waals surface area contributed by atoms with Gasteiger partial charge in [-0.2, -0.15) is 8.78 Å². The van der Waals surface area contributed by atoms with E-state index in [4.69, 9.17) is 0 Å². The number of carbonyl (C=O) groups excluding carboxylic acids is 1. The number of nitrogens with one attached hydrogen (secondary N) is 2. The van der Waals surface area contributed by atoms with Gasteiger partial charge >= 0.3 is 6.61 Å². The molecule has 0 aromatic heterocycles. The number of ether oxygens (including phenoxy) is 1. The molecular formula is C16H16F2N2O4S. The van der Waals surface area contributed by atoms with Gasteiger partial charge in [-0.15, -0.1) is 0 Å². The summed E-state index contributed by atoms with van der Waals surface area (Å²) in [6.45, 7) is -1.22. The van der Waals surface area contributed by atoms with Crippen molar-refractivity contribution in [2.75, 3.05) is 16.3 Å². The number of anilines is 2. The maximum atomic E-state index is 12.3.